The number of anilines is 1. The third-order valence-electron chi connectivity index (χ3n) is 2.23. The van der Waals surface area contributed by atoms with Crippen molar-refractivity contribution < 1.29 is 0 Å². The topological polar surface area (TPSA) is 24.9 Å². The van der Waals surface area contributed by atoms with Gasteiger partial charge in [-0.1, -0.05) is 0 Å². The molecule has 0 fully saturated rings. The lowest BCUT2D eigenvalue weighted by molar-refractivity contribution is 1.04. The van der Waals surface area contributed by atoms with Crippen molar-refractivity contribution in [1.29, 1.82) is 0 Å². The summed E-state index contributed by atoms with van der Waals surface area (Å²) in [6, 6.07) is 8.31. The largest absolute Gasteiger partial charge is 0.385 e. The van der Waals surface area contributed by atoms with E-state index in [2.05, 4.69) is 44.4 Å². The van der Waals surface area contributed by atoms with Gasteiger partial charge in [0, 0.05) is 29.0 Å². The minimum Gasteiger partial charge on any atom is -0.385 e. The van der Waals surface area contributed by atoms with Crippen LogP contribution in [0.1, 0.15) is 10.6 Å². The molecule has 2 nitrogen and oxygen atoms in total. The molecule has 0 spiro atoms. The number of aromatic nitrogens is 1. The Labute approximate surface area is 108 Å². The standard InChI is InChI=1S/C12H13BrN2S/c1-9-8-10(4-6-14-9)15-7-5-11-2-3-12(13)16-11/h2-4,6,8H,5,7H2,1H3,(H,14,15). The highest BCUT2D eigenvalue weighted by molar-refractivity contribution is 9.11. The highest BCUT2D eigenvalue weighted by Gasteiger charge is 1.98. The lowest BCUT2D eigenvalue weighted by Gasteiger charge is -2.05. The maximum absolute atomic E-state index is 4.17. The molecule has 0 aliphatic rings. The first kappa shape index (κ1) is 11.6. The lowest BCUT2D eigenvalue weighted by Crippen LogP contribution is -2.04. The number of aryl methyl sites for hydroxylation is 1. The maximum atomic E-state index is 4.17. The molecule has 0 aliphatic heterocycles. The summed E-state index contributed by atoms with van der Waals surface area (Å²) < 4.78 is 1.20. The van der Waals surface area contributed by atoms with E-state index in [-0.39, 0.29) is 0 Å². The normalized spacial score (nSPS) is 10.4. The molecule has 0 bridgehead atoms. The molecule has 16 heavy (non-hydrogen) atoms. The molecule has 2 aromatic rings. The zero-order valence-electron chi connectivity index (χ0n) is 9.03. The Morgan fingerprint density at radius 1 is 1.38 bits per heavy atom. The number of pyridine rings is 1. The van der Waals surface area contributed by atoms with Crippen LogP contribution in [-0.2, 0) is 6.42 Å². The number of nitrogens with zero attached hydrogens (tertiary/aromatic N) is 1. The van der Waals surface area contributed by atoms with E-state index in [4.69, 9.17) is 0 Å². The summed E-state index contributed by atoms with van der Waals surface area (Å²) in [5.41, 5.74) is 2.19. The zero-order valence-corrected chi connectivity index (χ0v) is 11.4. The van der Waals surface area contributed by atoms with Crippen molar-refractivity contribution >= 4 is 33.0 Å². The highest BCUT2D eigenvalue weighted by atomic mass is 79.9. The van der Waals surface area contributed by atoms with Crippen LogP contribution in [0.4, 0.5) is 5.69 Å². The van der Waals surface area contributed by atoms with Crippen LogP contribution in [0.5, 0.6) is 0 Å². The van der Waals surface area contributed by atoms with E-state index in [9.17, 15) is 0 Å². The molecule has 0 saturated heterocycles. The van der Waals surface area contributed by atoms with Crippen LogP contribution in [-0.4, -0.2) is 11.5 Å². The molecule has 2 heterocycles. The molecule has 0 radical (unpaired) electrons. The molecule has 1 N–H and O–H groups in total. The first-order chi connectivity index (χ1) is 7.74. The van der Waals surface area contributed by atoms with Crippen molar-refractivity contribution in [3.05, 3.63) is 44.8 Å². The van der Waals surface area contributed by atoms with Crippen molar-refractivity contribution in [3.8, 4) is 0 Å². The van der Waals surface area contributed by atoms with Gasteiger partial charge in [-0.3, -0.25) is 4.98 Å². The van der Waals surface area contributed by atoms with Crippen LogP contribution in [0, 0.1) is 6.92 Å². The molecule has 0 amide bonds. The van der Waals surface area contributed by atoms with E-state index in [1.54, 1.807) is 11.3 Å². The highest BCUT2D eigenvalue weighted by Crippen LogP contribution is 2.22. The zero-order chi connectivity index (χ0) is 11.4. The average Bonchev–Trinajstić information content (AvgIpc) is 2.64. The second-order valence-corrected chi connectivity index (χ2v) is 6.12. The predicted molar refractivity (Wildman–Crippen MR) is 73.2 cm³/mol. The minimum absolute atomic E-state index is 0.955. The first-order valence-corrected chi connectivity index (χ1v) is 6.76. The summed E-state index contributed by atoms with van der Waals surface area (Å²) in [6.07, 6.45) is 2.89. The number of thiophene rings is 1. The molecule has 0 unspecified atom stereocenters. The lowest BCUT2D eigenvalue weighted by atomic mass is 10.3. The van der Waals surface area contributed by atoms with Crippen LogP contribution in [0.25, 0.3) is 0 Å². The van der Waals surface area contributed by atoms with Crippen molar-refractivity contribution in [2.24, 2.45) is 0 Å². The van der Waals surface area contributed by atoms with Crippen molar-refractivity contribution in [2.45, 2.75) is 13.3 Å². The molecule has 4 heteroatoms. The van der Waals surface area contributed by atoms with Gasteiger partial charge in [0.25, 0.3) is 0 Å². The van der Waals surface area contributed by atoms with Crippen molar-refractivity contribution in [1.82, 2.24) is 4.98 Å². The fourth-order valence-electron chi connectivity index (χ4n) is 1.47. The molecule has 0 aliphatic carbocycles. The molecule has 84 valence electrons. The quantitative estimate of drug-likeness (QED) is 0.926. The van der Waals surface area contributed by atoms with Gasteiger partial charge in [-0.05, 0) is 53.5 Å². The number of hydrogen-bond donors (Lipinski definition) is 1. The van der Waals surface area contributed by atoms with Crippen LogP contribution in [0.2, 0.25) is 0 Å². The molecule has 2 rings (SSSR count). The monoisotopic (exact) mass is 296 g/mol. The Hall–Kier alpha value is -0.870. The van der Waals surface area contributed by atoms with E-state index in [1.165, 1.54) is 8.66 Å². The fourth-order valence-corrected chi connectivity index (χ4v) is 2.95. The summed E-state index contributed by atoms with van der Waals surface area (Å²) >= 11 is 5.26. The van der Waals surface area contributed by atoms with E-state index in [0.717, 1.165) is 24.3 Å². The Morgan fingerprint density at radius 2 is 2.25 bits per heavy atom. The van der Waals surface area contributed by atoms with E-state index >= 15 is 0 Å². The van der Waals surface area contributed by atoms with Gasteiger partial charge in [-0.25, -0.2) is 0 Å². The summed E-state index contributed by atoms with van der Waals surface area (Å²) in [5.74, 6) is 0. The van der Waals surface area contributed by atoms with Gasteiger partial charge in [0.1, 0.15) is 0 Å². The Balaban J connectivity index is 1.84. The second kappa shape index (κ2) is 5.46. The Bertz CT molecular complexity index is 468. The molecule has 0 aromatic carbocycles. The van der Waals surface area contributed by atoms with Gasteiger partial charge in [0.15, 0.2) is 0 Å². The number of nitrogens with one attached hydrogen (secondary N) is 1. The molecule has 2 aromatic heterocycles. The molecule has 0 saturated carbocycles. The van der Waals surface area contributed by atoms with E-state index in [1.807, 2.05) is 19.2 Å². The van der Waals surface area contributed by atoms with Gasteiger partial charge in [0.2, 0.25) is 0 Å². The first-order valence-electron chi connectivity index (χ1n) is 5.15. The van der Waals surface area contributed by atoms with Crippen LogP contribution in [0.3, 0.4) is 0 Å². The summed E-state index contributed by atoms with van der Waals surface area (Å²) in [6.45, 7) is 2.96. The van der Waals surface area contributed by atoms with Gasteiger partial charge in [-0.2, -0.15) is 0 Å². The third-order valence-corrected chi connectivity index (χ3v) is 3.91. The van der Waals surface area contributed by atoms with Crippen molar-refractivity contribution in [2.75, 3.05) is 11.9 Å². The Morgan fingerprint density at radius 3 is 2.94 bits per heavy atom. The summed E-state index contributed by atoms with van der Waals surface area (Å²) in [5, 5.41) is 3.39. The third kappa shape index (κ3) is 3.32. The summed E-state index contributed by atoms with van der Waals surface area (Å²) in [7, 11) is 0. The average molecular weight is 297 g/mol. The number of halogens is 1. The second-order valence-electron chi connectivity index (χ2n) is 3.57. The van der Waals surface area contributed by atoms with Gasteiger partial charge in [-0.15, -0.1) is 11.3 Å². The minimum atomic E-state index is 0.955. The van der Waals surface area contributed by atoms with Gasteiger partial charge in [0.05, 0.1) is 3.79 Å². The molecular weight excluding hydrogens is 284 g/mol. The van der Waals surface area contributed by atoms with Crippen molar-refractivity contribution in [3.63, 3.8) is 0 Å². The van der Waals surface area contributed by atoms with E-state index < -0.39 is 0 Å². The predicted octanol–water partition coefficient (Wildman–Crippen LogP) is 3.87. The Kier molecular flexibility index (Phi) is 3.96. The molecule has 0 atom stereocenters. The SMILES string of the molecule is Cc1cc(NCCc2ccc(Br)s2)ccn1. The molecular formula is C12H13BrN2S. The van der Waals surface area contributed by atoms with Crippen LogP contribution in [0.15, 0.2) is 34.2 Å². The van der Waals surface area contributed by atoms with Gasteiger partial charge < -0.3 is 5.32 Å². The smallest absolute Gasteiger partial charge is 0.0701 e. The maximum Gasteiger partial charge on any atom is 0.0701 e. The van der Waals surface area contributed by atoms with Gasteiger partial charge >= 0.3 is 0 Å². The fraction of sp³-hybridized carbons (Fsp3) is 0.250. The van der Waals surface area contributed by atoms with Crippen LogP contribution >= 0.6 is 27.3 Å². The number of hydrogen-bond acceptors (Lipinski definition) is 3. The van der Waals surface area contributed by atoms with Crippen LogP contribution < -0.4 is 5.32 Å². The van der Waals surface area contributed by atoms with E-state index in [0.29, 0.717) is 0 Å². The number of rotatable bonds is 4. The summed E-state index contributed by atoms with van der Waals surface area (Å²) in [4.78, 5) is 5.56.